The fourth-order valence-corrected chi connectivity index (χ4v) is 8.14. The lowest BCUT2D eigenvalue weighted by Gasteiger charge is -2.74. The number of Topliss-reactive ketones (excluding diaryl/α,β-unsaturated/α-hetero) is 1. The maximum Gasteiger partial charge on any atom is 0.302 e. The van der Waals surface area contributed by atoms with Crippen LogP contribution in [0.2, 0.25) is 0 Å². The van der Waals surface area contributed by atoms with Crippen LogP contribution in [0.1, 0.15) is 39.5 Å². The van der Waals surface area contributed by atoms with E-state index in [9.17, 15) is 30.0 Å². The zero-order chi connectivity index (χ0) is 21.9. The first-order valence-corrected chi connectivity index (χ1v) is 10.7. The summed E-state index contributed by atoms with van der Waals surface area (Å²) in [6.07, 6.45) is -2.02. The van der Waals surface area contributed by atoms with E-state index in [0.29, 0.717) is 24.8 Å². The van der Waals surface area contributed by atoms with Crippen molar-refractivity contribution in [2.75, 3.05) is 13.2 Å². The number of fused-ring (bicyclic) bond motifs is 2. The van der Waals surface area contributed by atoms with Crippen LogP contribution in [0.4, 0.5) is 0 Å². The first kappa shape index (κ1) is 20.6. The molecule has 4 bridgehead atoms. The predicted molar refractivity (Wildman–Crippen MR) is 102 cm³/mol. The highest BCUT2D eigenvalue weighted by molar-refractivity contribution is 6.04. The van der Waals surface area contributed by atoms with E-state index in [-0.39, 0.29) is 31.3 Å². The molecule has 0 aromatic carbocycles. The lowest BCUT2D eigenvalue weighted by molar-refractivity contribution is -0.457. The minimum absolute atomic E-state index is 0.00764. The van der Waals surface area contributed by atoms with Crippen molar-refractivity contribution in [1.29, 1.82) is 0 Å². The van der Waals surface area contributed by atoms with Gasteiger partial charge in [-0.3, -0.25) is 9.59 Å². The Morgan fingerprint density at radius 1 is 1.30 bits per heavy atom. The van der Waals surface area contributed by atoms with E-state index in [1.54, 1.807) is 0 Å². The maximum atomic E-state index is 13.5. The summed E-state index contributed by atoms with van der Waals surface area (Å²) in [5.74, 6) is -4.84. The Kier molecular flexibility index (Phi) is 4.06. The largest absolute Gasteiger partial charge is 0.465 e. The van der Waals surface area contributed by atoms with Gasteiger partial charge in [-0.25, -0.2) is 0 Å². The zero-order valence-electron chi connectivity index (χ0n) is 17.3. The molecule has 4 N–H and O–H groups in total. The van der Waals surface area contributed by atoms with Gasteiger partial charge in [0.05, 0.1) is 30.8 Å². The number of aliphatic hydroxyl groups is 4. The first-order chi connectivity index (χ1) is 14.0. The maximum absolute atomic E-state index is 13.5. The van der Waals surface area contributed by atoms with E-state index in [2.05, 4.69) is 6.58 Å². The van der Waals surface area contributed by atoms with Crippen molar-refractivity contribution < 1.29 is 39.5 Å². The molecule has 0 aromatic rings. The molecule has 6 rings (SSSR count). The molecule has 10 atom stereocenters. The van der Waals surface area contributed by atoms with Gasteiger partial charge in [0, 0.05) is 29.6 Å². The molecule has 2 aliphatic heterocycles. The Bertz CT molecular complexity index is 841. The Balaban J connectivity index is 1.72. The van der Waals surface area contributed by atoms with Crippen LogP contribution in [0.15, 0.2) is 12.2 Å². The summed E-state index contributed by atoms with van der Waals surface area (Å²) in [6.45, 7) is 7.00. The Hall–Kier alpha value is -1.32. The van der Waals surface area contributed by atoms with Crippen molar-refractivity contribution >= 4 is 11.8 Å². The molecule has 8 nitrogen and oxygen atoms in total. The molecule has 2 spiro atoms. The van der Waals surface area contributed by atoms with Crippen molar-refractivity contribution in [2.24, 2.45) is 34.0 Å². The highest BCUT2D eigenvalue weighted by Gasteiger charge is 2.86. The number of ketones is 1. The van der Waals surface area contributed by atoms with Crippen molar-refractivity contribution in [2.45, 2.75) is 63.6 Å². The average molecular weight is 422 g/mol. The lowest BCUT2D eigenvalue weighted by atomic mass is 9.35. The number of ether oxygens (including phenoxy) is 2. The molecule has 10 unspecified atom stereocenters. The second kappa shape index (κ2) is 5.92. The monoisotopic (exact) mass is 422 g/mol. The molecule has 2 saturated heterocycles. The Labute approximate surface area is 174 Å². The summed E-state index contributed by atoms with van der Waals surface area (Å²) >= 11 is 0. The van der Waals surface area contributed by atoms with Crippen LogP contribution in [0, 0.1) is 34.0 Å². The smallest absolute Gasteiger partial charge is 0.302 e. The van der Waals surface area contributed by atoms with Crippen LogP contribution in [0.5, 0.6) is 0 Å². The molecule has 6 aliphatic rings. The van der Waals surface area contributed by atoms with Gasteiger partial charge in [-0.1, -0.05) is 13.5 Å². The highest BCUT2D eigenvalue weighted by atomic mass is 16.6. The van der Waals surface area contributed by atoms with Gasteiger partial charge < -0.3 is 29.9 Å². The van der Waals surface area contributed by atoms with Crippen LogP contribution in [0.3, 0.4) is 0 Å². The summed E-state index contributed by atoms with van der Waals surface area (Å²) < 4.78 is 11.2. The third kappa shape index (κ3) is 2.00. The second-order valence-corrected chi connectivity index (χ2v) is 10.5. The summed E-state index contributed by atoms with van der Waals surface area (Å²) in [6, 6.07) is 0. The van der Waals surface area contributed by atoms with Crippen LogP contribution in [0.25, 0.3) is 0 Å². The van der Waals surface area contributed by atoms with Gasteiger partial charge in [0.1, 0.15) is 6.10 Å². The molecule has 2 heterocycles. The second-order valence-electron chi connectivity index (χ2n) is 10.5. The molecular formula is C22H30O8. The minimum Gasteiger partial charge on any atom is -0.465 e. The minimum atomic E-state index is -2.20. The van der Waals surface area contributed by atoms with E-state index in [1.165, 1.54) is 6.92 Å². The molecule has 166 valence electrons. The van der Waals surface area contributed by atoms with Crippen LogP contribution < -0.4 is 0 Å². The number of aliphatic hydroxyl groups excluding tert-OH is 3. The molecule has 0 radical (unpaired) electrons. The fraction of sp³-hybridized carbons (Fsp3) is 0.818. The van der Waals surface area contributed by atoms with E-state index in [0.717, 1.165) is 0 Å². The van der Waals surface area contributed by atoms with Crippen LogP contribution >= 0.6 is 0 Å². The molecule has 4 aliphatic carbocycles. The number of hydrogen-bond acceptors (Lipinski definition) is 8. The van der Waals surface area contributed by atoms with Gasteiger partial charge in [0.2, 0.25) is 5.79 Å². The summed E-state index contributed by atoms with van der Waals surface area (Å²) in [5, 5.41) is 45.8. The SMILES string of the molecule is C=C1C(=O)C23CC1CC(O)C2C12COC3(O)C(O)C1C(C)(COC(C)=O)CCC2O. The van der Waals surface area contributed by atoms with E-state index >= 15 is 0 Å². The lowest BCUT2D eigenvalue weighted by Crippen LogP contribution is -2.85. The molecule has 30 heavy (non-hydrogen) atoms. The van der Waals surface area contributed by atoms with E-state index in [1.807, 2.05) is 6.92 Å². The molecule has 0 amide bonds. The molecule has 8 heteroatoms. The van der Waals surface area contributed by atoms with Crippen molar-refractivity contribution in [3.05, 3.63) is 12.2 Å². The van der Waals surface area contributed by atoms with Gasteiger partial charge in [0.15, 0.2) is 5.78 Å². The average Bonchev–Trinajstić information content (AvgIpc) is 2.88. The van der Waals surface area contributed by atoms with Gasteiger partial charge in [-0.2, -0.15) is 0 Å². The van der Waals surface area contributed by atoms with Crippen LogP contribution in [-0.4, -0.2) is 69.5 Å². The normalized spacial score (nSPS) is 56.5. The van der Waals surface area contributed by atoms with Gasteiger partial charge in [0.25, 0.3) is 0 Å². The van der Waals surface area contributed by atoms with Crippen molar-refractivity contribution in [3.63, 3.8) is 0 Å². The van der Waals surface area contributed by atoms with Gasteiger partial charge >= 0.3 is 5.97 Å². The van der Waals surface area contributed by atoms with Crippen molar-refractivity contribution in [1.82, 2.24) is 0 Å². The first-order valence-electron chi connectivity index (χ1n) is 10.7. The molecule has 0 aromatic heterocycles. The summed E-state index contributed by atoms with van der Waals surface area (Å²) in [5.41, 5.74) is -3.11. The number of hydrogen-bond donors (Lipinski definition) is 4. The number of carbonyl (C=O) groups excluding carboxylic acids is 2. The van der Waals surface area contributed by atoms with E-state index in [4.69, 9.17) is 9.47 Å². The number of allylic oxidation sites excluding steroid dienone is 1. The zero-order valence-corrected chi connectivity index (χ0v) is 17.3. The highest BCUT2D eigenvalue weighted by Crippen LogP contribution is 2.76. The van der Waals surface area contributed by atoms with E-state index < -0.39 is 58.1 Å². The standard InChI is InChI=1S/C22H30O8/c1-10-12-6-13(24)15-20-9-30-22(28,21(15,7-12)17(10)26)18(27)16(20)19(3,5-4-14(20)25)8-29-11(2)23/h12-16,18,24-25,27-28H,1,4-9H2,2-3H3. The number of carbonyl (C=O) groups is 2. The van der Waals surface area contributed by atoms with Crippen LogP contribution in [-0.2, 0) is 19.1 Å². The Morgan fingerprint density at radius 2 is 2.00 bits per heavy atom. The van der Waals surface area contributed by atoms with Gasteiger partial charge in [-0.05, 0) is 37.2 Å². The number of rotatable bonds is 2. The summed E-state index contributed by atoms with van der Waals surface area (Å²) in [7, 11) is 0. The van der Waals surface area contributed by atoms with Gasteiger partial charge in [-0.15, -0.1) is 0 Å². The molecule has 4 saturated carbocycles. The topological polar surface area (TPSA) is 134 Å². The fourth-order valence-electron chi connectivity index (χ4n) is 8.14. The third-order valence-electron chi connectivity index (χ3n) is 9.22. The van der Waals surface area contributed by atoms with Crippen molar-refractivity contribution in [3.8, 4) is 0 Å². The Morgan fingerprint density at radius 3 is 2.67 bits per heavy atom. The number of esters is 1. The molecule has 6 fully saturated rings. The predicted octanol–water partition coefficient (Wildman–Crippen LogP) is -0.0812. The third-order valence-corrected chi connectivity index (χ3v) is 9.22. The molecular weight excluding hydrogens is 392 g/mol. The quantitative estimate of drug-likeness (QED) is 0.359. The summed E-state index contributed by atoms with van der Waals surface area (Å²) in [4.78, 5) is 25.0.